The van der Waals surface area contributed by atoms with Gasteiger partial charge in [0.1, 0.15) is 5.69 Å². The Hall–Kier alpha value is -2.47. The van der Waals surface area contributed by atoms with Crippen LogP contribution in [0.5, 0.6) is 0 Å². The van der Waals surface area contributed by atoms with Crippen molar-refractivity contribution in [2.45, 2.75) is 26.3 Å². The molecule has 2 aromatic heterocycles. The van der Waals surface area contributed by atoms with Gasteiger partial charge in [0, 0.05) is 19.2 Å². The molecule has 0 aliphatic carbocycles. The Labute approximate surface area is 129 Å². The van der Waals surface area contributed by atoms with Gasteiger partial charge in [-0.2, -0.15) is 10.1 Å². The van der Waals surface area contributed by atoms with Crippen molar-refractivity contribution in [2.24, 2.45) is 12.8 Å². The summed E-state index contributed by atoms with van der Waals surface area (Å²) in [6.07, 6.45) is 0. The average molecular weight is 297 g/mol. The molecule has 0 saturated heterocycles. The Morgan fingerprint density at radius 1 is 1.23 bits per heavy atom. The van der Waals surface area contributed by atoms with Gasteiger partial charge in [0.2, 0.25) is 5.82 Å². The maximum absolute atomic E-state index is 5.60. The molecule has 3 aromatic rings. The van der Waals surface area contributed by atoms with Crippen molar-refractivity contribution >= 4 is 0 Å². The van der Waals surface area contributed by atoms with Gasteiger partial charge >= 0.3 is 0 Å². The molecule has 0 aliphatic heterocycles. The zero-order valence-corrected chi connectivity index (χ0v) is 12.9. The molecule has 0 atom stereocenters. The highest BCUT2D eigenvalue weighted by atomic mass is 16.5. The topological polar surface area (TPSA) is 82.8 Å². The number of aryl methyl sites for hydroxylation is 1. The lowest BCUT2D eigenvalue weighted by molar-refractivity contribution is 0.428. The summed E-state index contributed by atoms with van der Waals surface area (Å²) in [4.78, 5) is 4.47. The molecular formula is C16H19N5O. The summed E-state index contributed by atoms with van der Waals surface area (Å²) in [7, 11) is 1.88. The van der Waals surface area contributed by atoms with E-state index in [2.05, 4.69) is 29.1 Å². The van der Waals surface area contributed by atoms with Gasteiger partial charge in [-0.05, 0) is 17.5 Å². The first-order valence-electron chi connectivity index (χ1n) is 7.26. The molecule has 2 heterocycles. The maximum atomic E-state index is 5.60. The van der Waals surface area contributed by atoms with E-state index in [-0.39, 0.29) is 0 Å². The molecule has 0 saturated carbocycles. The summed E-state index contributed by atoms with van der Waals surface area (Å²) >= 11 is 0. The largest absolute Gasteiger partial charge is 0.332 e. The van der Waals surface area contributed by atoms with Crippen LogP contribution in [0.25, 0.3) is 23.0 Å². The Morgan fingerprint density at radius 3 is 2.55 bits per heavy atom. The smallest absolute Gasteiger partial charge is 0.276 e. The SMILES string of the molecule is CC(C)c1cc(-c2nc(-c3ccc(CN)cc3)no2)n(C)n1. The van der Waals surface area contributed by atoms with Crippen molar-refractivity contribution in [3.8, 4) is 23.0 Å². The minimum absolute atomic E-state index is 0.353. The van der Waals surface area contributed by atoms with Crippen molar-refractivity contribution in [1.29, 1.82) is 0 Å². The average Bonchev–Trinajstić information content (AvgIpc) is 3.14. The van der Waals surface area contributed by atoms with Crippen LogP contribution in [-0.2, 0) is 13.6 Å². The molecule has 2 N–H and O–H groups in total. The fourth-order valence-corrected chi connectivity index (χ4v) is 2.21. The van der Waals surface area contributed by atoms with Crippen LogP contribution in [0.1, 0.15) is 31.0 Å². The predicted octanol–water partition coefficient (Wildman–Crippen LogP) is 2.72. The monoisotopic (exact) mass is 297 g/mol. The molecule has 0 spiro atoms. The summed E-state index contributed by atoms with van der Waals surface area (Å²) in [6, 6.07) is 9.80. The summed E-state index contributed by atoms with van der Waals surface area (Å²) in [5.41, 5.74) is 9.40. The summed E-state index contributed by atoms with van der Waals surface area (Å²) < 4.78 is 7.16. The molecule has 0 amide bonds. The first kappa shape index (κ1) is 14.5. The maximum Gasteiger partial charge on any atom is 0.276 e. The summed E-state index contributed by atoms with van der Waals surface area (Å²) in [6.45, 7) is 4.72. The normalized spacial score (nSPS) is 11.3. The fraction of sp³-hybridized carbons (Fsp3) is 0.312. The first-order chi connectivity index (χ1) is 10.6. The molecule has 0 bridgehead atoms. The van der Waals surface area contributed by atoms with Crippen LogP contribution >= 0.6 is 0 Å². The van der Waals surface area contributed by atoms with Gasteiger partial charge in [-0.3, -0.25) is 4.68 Å². The van der Waals surface area contributed by atoms with Crippen molar-refractivity contribution < 1.29 is 4.52 Å². The Bertz CT molecular complexity index is 770. The number of hydrogen-bond donors (Lipinski definition) is 1. The second-order valence-electron chi connectivity index (χ2n) is 5.56. The van der Waals surface area contributed by atoms with Crippen molar-refractivity contribution in [3.05, 3.63) is 41.6 Å². The van der Waals surface area contributed by atoms with Gasteiger partial charge in [0.25, 0.3) is 5.89 Å². The molecule has 114 valence electrons. The van der Waals surface area contributed by atoms with Gasteiger partial charge in [-0.25, -0.2) is 0 Å². The van der Waals surface area contributed by atoms with E-state index in [1.807, 2.05) is 37.4 Å². The number of aromatic nitrogens is 4. The highest BCUT2D eigenvalue weighted by Crippen LogP contribution is 2.24. The number of rotatable bonds is 4. The third kappa shape index (κ3) is 2.65. The van der Waals surface area contributed by atoms with Gasteiger partial charge in [0.15, 0.2) is 0 Å². The van der Waals surface area contributed by atoms with Crippen molar-refractivity contribution in [1.82, 2.24) is 19.9 Å². The third-order valence-corrected chi connectivity index (χ3v) is 3.58. The summed E-state index contributed by atoms with van der Waals surface area (Å²) in [5.74, 6) is 1.39. The second-order valence-corrected chi connectivity index (χ2v) is 5.56. The van der Waals surface area contributed by atoms with Gasteiger partial charge in [0.05, 0.1) is 5.69 Å². The van der Waals surface area contributed by atoms with E-state index in [1.54, 1.807) is 4.68 Å². The van der Waals surface area contributed by atoms with E-state index < -0.39 is 0 Å². The molecule has 0 radical (unpaired) electrons. The van der Waals surface area contributed by atoms with Crippen LogP contribution in [0, 0.1) is 0 Å². The lowest BCUT2D eigenvalue weighted by Gasteiger charge is -1.97. The molecule has 0 fully saturated rings. The molecular weight excluding hydrogens is 278 g/mol. The Kier molecular flexibility index (Phi) is 3.77. The van der Waals surface area contributed by atoms with Crippen LogP contribution in [0.4, 0.5) is 0 Å². The number of nitrogens with two attached hydrogens (primary N) is 1. The van der Waals surface area contributed by atoms with Crippen LogP contribution in [-0.4, -0.2) is 19.9 Å². The van der Waals surface area contributed by atoms with Crippen LogP contribution < -0.4 is 5.73 Å². The molecule has 0 aliphatic rings. The van der Waals surface area contributed by atoms with Crippen molar-refractivity contribution in [2.75, 3.05) is 0 Å². The highest BCUT2D eigenvalue weighted by Gasteiger charge is 2.16. The zero-order valence-electron chi connectivity index (χ0n) is 12.9. The van der Waals surface area contributed by atoms with Gasteiger partial charge in [-0.1, -0.05) is 43.3 Å². The fourth-order valence-electron chi connectivity index (χ4n) is 2.21. The van der Waals surface area contributed by atoms with E-state index in [0.29, 0.717) is 24.2 Å². The standard InChI is InChI=1S/C16H19N5O/c1-10(2)13-8-14(21(3)19-13)16-18-15(20-22-16)12-6-4-11(9-17)5-7-12/h4-8,10H,9,17H2,1-3H3. The molecule has 6 heteroatoms. The molecule has 3 rings (SSSR count). The quantitative estimate of drug-likeness (QED) is 0.800. The van der Waals surface area contributed by atoms with Gasteiger partial charge < -0.3 is 10.3 Å². The zero-order chi connectivity index (χ0) is 15.7. The van der Waals surface area contributed by atoms with Gasteiger partial charge in [-0.15, -0.1) is 0 Å². The first-order valence-corrected chi connectivity index (χ1v) is 7.26. The van der Waals surface area contributed by atoms with E-state index in [0.717, 1.165) is 22.5 Å². The summed E-state index contributed by atoms with van der Waals surface area (Å²) in [5, 5.41) is 8.52. The molecule has 22 heavy (non-hydrogen) atoms. The van der Waals surface area contributed by atoms with E-state index in [4.69, 9.17) is 10.3 Å². The second kappa shape index (κ2) is 5.73. The number of benzene rings is 1. The molecule has 1 aromatic carbocycles. The highest BCUT2D eigenvalue weighted by molar-refractivity contribution is 5.58. The van der Waals surface area contributed by atoms with Crippen LogP contribution in [0.2, 0.25) is 0 Å². The van der Waals surface area contributed by atoms with E-state index >= 15 is 0 Å². The lowest BCUT2D eigenvalue weighted by Crippen LogP contribution is -1.96. The Morgan fingerprint density at radius 2 is 1.95 bits per heavy atom. The molecule has 6 nitrogen and oxygen atoms in total. The minimum Gasteiger partial charge on any atom is -0.332 e. The number of hydrogen-bond acceptors (Lipinski definition) is 5. The Balaban J connectivity index is 1.93. The predicted molar refractivity (Wildman–Crippen MR) is 83.9 cm³/mol. The number of nitrogens with zero attached hydrogens (tertiary/aromatic N) is 4. The lowest BCUT2D eigenvalue weighted by atomic mass is 10.1. The van der Waals surface area contributed by atoms with E-state index in [9.17, 15) is 0 Å². The van der Waals surface area contributed by atoms with Crippen LogP contribution in [0.15, 0.2) is 34.9 Å². The van der Waals surface area contributed by atoms with E-state index in [1.165, 1.54) is 0 Å². The van der Waals surface area contributed by atoms with Crippen molar-refractivity contribution in [3.63, 3.8) is 0 Å². The van der Waals surface area contributed by atoms with Crippen LogP contribution in [0.3, 0.4) is 0 Å². The third-order valence-electron chi connectivity index (χ3n) is 3.58. The minimum atomic E-state index is 0.353. The molecule has 0 unspecified atom stereocenters.